The molecule has 0 unspecified atom stereocenters. The normalized spacial score (nSPS) is 10.3. The second kappa shape index (κ2) is 5.28. The molecule has 3 nitrogen and oxygen atoms in total. The average molecular weight is 279 g/mol. The molecule has 2 aromatic carbocycles. The molecule has 0 fully saturated rings. The van der Waals surface area contributed by atoms with Crippen LogP contribution in [-0.2, 0) is 0 Å². The van der Waals surface area contributed by atoms with Crippen LogP contribution in [0.15, 0.2) is 36.4 Å². The Labute approximate surface area is 115 Å². The van der Waals surface area contributed by atoms with E-state index in [0.717, 1.165) is 0 Å². The average Bonchev–Trinajstić information content (AvgIpc) is 2.36. The summed E-state index contributed by atoms with van der Waals surface area (Å²) < 4.78 is 18.7. The fourth-order valence-corrected chi connectivity index (χ4v) is 1.78. The SMILES string of the molecule is Cc1cc(Oc2ccc(C(=N)N)cc2Cl)ccc1F. The Balaban J connectivity index is 2.28. The van der Waals surface area contributed by atoms with E-state index in [2.05, 4.69) is 0 Å². The summed E-state index contributed by atoms with van der Waals surface area (Å²) in [6.45, 7) is 1.66. The van der Waals surface area contributed by atoms with Gasteiger partial charge in [0.15, 0.2) is 0 Å². The smallest absolute Gasteiger partial charge is 0.146 e. The van der Waals surface area contributed by atoms with E-state index >= 15 is 0 Å². The van der Waals surface area contributed by atoms with Crippen LogP contribution in [0, 0.1) is 18.2 Å². The molecule has 0 aliphatic carbocycles. The lowest BCUT2D eigenvalue weighted by Crippen LogP contribution is -2.10. The number of ether oxygens (including phenoxy) is 1. The van der Waals surface area contributed by atoms with E-state index in [1.165, 1.54) is 12.1 Å². The van der Waals surface area contributed by atoms with Crippen LogP contribution in [0.1, 0.15) is 11.1 Å². The summed E-state index contributed by atoms with van der Waals surface area (Å²) in [5, 5.41) is 7.65. The number of hydrogen-bond acceptors (Lipinski definition) is 2. The standard InChI is InChI=1S/C14H12ClFN2O/c1-8-6-10(3-4-12(8)16)19-13-5-2-9(14(17)18)7-11(13)15/h2-7H,1H3,(H3,17,18). The molecular formula is C14H12ClFN2O. The molecule has 3 N–H and O–H groups in total. The van der Waals surface area contributed by atoms with Crippen molar-refractivity contribution in [1.29, 1.82) is 5.41 Å². The molecule has 0 spiro atoms. The molecule has 0 bridgehead atoms. The molecule has 0 atom stereocenters. The van der Waals surface area contributed by atoms with Crippen LogP contribution in [0.4, 0.5) is 4.39 Å². The van der Waals surface area contributed by atoms with Gasteiger partial charge in [0.2, 0.25) is 0 Å². The Morgan fingerprint density at radius 1 is 1.26 bits per heavy atom. The van der Waals surface area contributed by atoms with Gasteiger partial charge in [-0.25, -0.2) is 4.39 Å². The maximum atomic E-state index is 13.1. The van der Waals surface area contributed by atoms with Crippen LogP contribution < -0.4 is 10.5 Å². The topological polar surface area (TPSA) is 59.1 Å². The summed E-state index contributed by atoms with van der Waals surface area (Å²) in [5.74, 6) is 0.575. The Morgan fingerprint density at radius 2 is 2.00 bits per heavy atom. The fraction of sp³-hybridized carbons (Fsp3) is 0.0714. The number of halogens is 2. The van der Waals surface area contributed by atoms with Crippen LogP contribution in [0.5, 0.6) is 11.5 Å². The van der Waals surface area contributed by atoms with Crippen molar-refractivity contribution in [1.82, 2.24) is 0 Å². The van der Waals surface area contributed by atoms with Crippen molar-refractivity contribution < 1.29 is 9.13 Å². The van der Waals surface area contributed by atoms with Crippen LogP contribution in [0.25, 0.3) is 0 Å². The third-order valence-corrected chi connectivity index (χ3v) is 2.90. The predicted octanol–water partition coefficient (Wildman–Crippen LogP) is 3.86. The number of hydrogen-bond donors (Lipinski definition) is 2. The van der Waals surface area contributed by atoms with Crippen LogP contribution in [0.2, 0.25) is 5.02 Å². The molecule has 0 saturated heterocycles. The van der Waals surface area contributed by atoms with Gasteiger partial charge in [0.05, 0.1) is 5.02 Å². The second-order valence-electron chi connectivity index (χ2n) is 4.07. The summed E-state index contributed by atoms with van der Waals surface area (Å²) in [6.07, 6.45) is 0. The molecule has 19 heavy (non-hydrogen) atoms. The summed E-state index contributed by atoms with van der Waals surface area (Å²) >= 11 is 6.04. The zero-order valence-corrected chi connectivity index (χ0v) is 11.0. The quantitative estimate of drug-likeness (QED) is 0.661. The van der Waals surface area contributed by atoms with E-state index in [4.69, 9.17) is 27.5 Å². The van der Waals surface area contributed by atoms with Crippen molar-refractivity contribution in [3.8, 4) is 11.5 Å². The van der Waals surface area contributed by atoms with E-state index in [0.29, 0.717) is 27.6 Å². The number of amidine groups is 1. The molecule has 0 heterocycles. The van der Waals surface area contributed by atoms with Gasteiger partial charge in [0, 0.05) is 5.56 Å². The van der Waals surface area contributed by atoms with Gasteiger partial charge in [-0.3, -0.25) is 5.41 Å². The zero-order chi connectivity index (χ0) is 14.0. The number of nitrogen functional groups attached to an aromatic ring is 1. The number of nitrogens with one attached hydrogen (secondary N) is 1. The lowest BCUT2D eigenvalue weighted by molar-refractivity contribution is 0.480. The fourth-order valence-electron chi connectivity index (χ4n) is 1.56. The number of nitrogens with two attached hydrogens (primary N) is 1. The maximum Gasteiger partial charge on any atom is 0.146 e. The molecule has 0 aliphatic heterocycles. The Kier molecular flexibility index (Phi) is 3.71. The first-order valence-corrected chi connectivity index (χ1v) is 5.93. The van der Waals surface area contributed by atoms with E-state index in [1.807, 2.05) is 0 Å². The molecule has 98 valence electrons. The summed E-state index contributed by atoms with van der Waals surface area (Å²) in [5.41, 5.74) is 6.38. The minimum atomic E-state index is -0.287. The Morgan fingerprint density at radius 3 is 2.58 bits per heavy atom. The monoisotopic (exact) mass is 278 g/mol. The van der Waals surface area contributed by atoms with Crippen LogP contribution >= 0.6 is 11.6 Å². The first-order chi connectivity index (χ1) is 8.97. The predicted molar refractivity (Wildman–Crippen MR) is 73.7 cm³/mol. The summed E-state index contributed by atoms with van der Waals surface area (Å²) in [7, 11) is 0. The van der Waals surface area contributed by atoms with Crippen molar-refractivity contribution >= 4 is 17.4 Å². The summed E-state index contributed by atoms with van der Waals surface area (Å²) in [4.78, 5) is 0. The molecule has 2 aromatic rings. The van der Waals surface area contributed by atoms with Gasteiger partial charge in [-0.1, -0.05) is 11.6 Å². The van der Waals surface area contributed by atoms with E-state index in [1.54, 1.807) is 31.2 Å². The molecule has 0 radical (unpaired) electrons. The van der Waals surface area contributed by atoms with Crippen molar-refractivity contribution in [2.24, 2.45) is 5.73 Å². The third kappa shape index (κ3) is 3.03. The highest BCUT2D eigenvalue weighted by molar-refractivity contribution is 6.32. The third-order valence-electron chi connectivity index (χ3n) is 2.60. The highest BCUT2D eigenvalue weighted by atomic mass is 35.5. The Hall–Kier alpha value is -2.07. The molecule has 0 amide bonds. The van der Waals surface area contributed by atoms with Gasteiger partial charge in [-0.05, 0) is 48.9 Å². The largest absolute Gasteiger partial charge is 0.456 e. The number of aryl methyl sites for hydroxylation is 1. The van der Waals surface area contributed by atoms with Crippen LogP contribution in [-0.4, -0.2) is 5.84 Å². The minimum Gasteiger partial charge on any atom is -0.456 e. The van der Waals surface area contributed by atoms with Crippen LogP contribution in [0.3, 0.4) is 0 Å². The van der Waals surface area contributed by atoms with Crippen molar-refractivity contribution in [3.05, 3.63) is 58.4 Å². The van der Waals surface area contributed by atoms with Gasteiger partial charge in [0.25, 0.3) is 0 Å². The van der Waals surface area contributed by atoms with Crippen molar-refractivity contribution in [2.45, 2.75) is 6.92 Å². The molecule has 5 heteroatoms. The Bertz CT molecular complexity index is 643. The first kappa shape index (κ1) is 13.4. The van der Waals surface area contributed by atoms with Crippen molar-refractivity contribution in [2.75, 3.05) is 0 Å². The van der Waals surface area contributed by atoms with Gasteiger partial charge in [-0.2, -0.15) is 0 Å². The lowest BCUT2D eigenvalue weighted by atomic mass is 10.2. The van der Waals surface area contributed by atoms with E-state index in [-0.39, 0.29) is 11.7 Å². The van der Waals surface area contributed by atoms with Gasteiger partial charge >= 0.3 is 0 Å². The second-order valence-corrected chi connectivity index (χ2v) is 4.48. The minimum absolute atomic E-state index is 0.0638. The molecule has 0 aliphatic rings. The van der Waals surface area contributed by atoms with Gasteiger partial charge in [-0.15, -0.1) is 0 Å². The van der Waals surface area contributed by atoms with Crippen molar-refractivity contribution in [3.63, 3.8) is 0 Å². The summed E-state index contributed by atoms with van der Waals surface area (Å²) in [6, 6.07) is 9.26. The maximum absolute atomic E-state index is 13.1. The number of benzene rings is 2. The number of rotatable bonds is 3. The molecule has 0 aromatic heterocycles. The van der Waals surface area contributed by atoms with E-state index in [9.17, 15) is 4.39 Å². The van der Waals surface area contributed by atoms with Gasteiger partial charge < -0.3 is 10.5 Å². The van der Waals surface area contributed by atoms with Gasteiger partial charge in [0.1, 0.15) is 23.2 Å². The molecule has 0 saturated carbocycles. The lowest BCUT2D eigenvalue weighted by Gasteiger charge is -2.09. The highest BCUT2D eigenvalue weighted by Crippen LogP contribution is 2.30. The highest BCUT2D eigenvalue weighted by Gasteiger charge is 2.07. The molecule has 2 rings (SSSR count). The van der Waals surface area contributed by atoms with E-state index < -0.39 is 0 Å². The first-order valence-electron chi connectivity index (χ1n) is 5.55. The zero-order valence-electron chi connectivity index (χ0n) is 10.2. The molecular weight excluding hydrogens is 267 g/mol.